The molecule has 0 atom stereocenters. The topological polar surface area (TPSA) is 29.1 Å². The van der Waals surface area contributed by atoms with E-state index in [0.29, 0.717) is 0 Å². The molecule has 1 radical (unpaired) electrons. The average molecular weight is 131 g/mol. The third-order valence-corrected chi connectivity index (χ3v) is 0.553. The number of hydrogen-bond donors (Lipinski definition) is 0. The lowest BCUT2D eigenvalue weighted by atomic mass is 10.3. The molecule has 2 nitrogen and oxygen atoms in total. The molecule has 0 rings (SSSR count). The second-order valence-corrected chi connectivity index (χ2v) is 1.54. The molecule has 0 amide bonds. The van der Waals surface area contributed by atoms with Gasteiger partial charge in [0.25, 0.3) is 0 Å². The monoisotopic (exact) mass is 131 g/mol. The van der Waals surface area contributed by atoms with E-state index in [4.69, 9.17) is 0 Å². The Labute approximate surface area is 57.2 Å². The summed E-state index contributed by atoms with van der Waals surface area (Å²) in [4.78, 5) is 0. The molecule has 0 aromatic carbocycles. The molecule has 0 saturated heterocycles. The average Bonchev–Trinajstić information content (AvgIpc) is 1.86. The Morgan fingerprint density at radius 1 is 1.56 bits per heavy atom. The maximum Gasteiger partial charge on any atom is 0.0825 e. The zero-order valence-electron chi connectivity index (χ0n) is 6.22. The van der Waals surface area contributed by atoms with Crippen LogP contribution in [0.3, 0.4) is 0 Å². The van der Waals surface area contributed by atoms with Gasteiger partial charge in [-0.15, -0.1) is 6.58 Å². The maximum absolute atomic E-state index is 9.64. The van der Waals surface area contributed by atoms with Gasteiger partial charge in [-0.25, -0.2) is 5.11 Å². The van der Waals surface area contributed by atoms with Crippen LogP contribution >= 0.6 is 0 Å². The number of unbranched alkanes of at least 4 members (excludes halogenated alkanes) is 1. The lowest BCUT2D eigenvalue weighted by Crippen LogP contribution is -1.74. The van der Waals surface area contributed by atoms with Crippen LogP contribution in [0.4, 0.5) is 0 Å². The number of hydrogen-bond acceptors (Lipinski definition) is 1. The van der Waals surface area contributed by atoms with Crippen molar-refractivity contribution in [2.24, 2.45) is 0 Å². The summed E-state index contributed by atoms with van der Waals surface area (Å²) in [6, 6.07) is 0. The Kier molecular flexibility index (Phi) is 19.9. The quantitative estimate of drug-likeness (QED) is 0.423. The highest BCUT2D eigenvalue weighted by atomic mass is 16.4. The Hall–Kier alpha value is -0.340. The first-order valence-corrected chi connectivity index (χ1v) is 2.92. The van der Waals surface area contributed by atoms with Crippen molar-refractivity contribution >= 4 is 0 Å². The van der Waals surface area contributed by atoms with Gasteiger partial charge in [0.1, 0.15) is 0 Å². The summed E-state index contributed by atoms with van der Waals surface area (Å²) in [6.07, 6.45) is 3.37. The van der Waals surface area contributed by atoms with Crippen LogP contribution in [0.1, 0.15) is 12.8 Å². The molecular weight excluding hydrogens is 116 g/mol. The highest BCUT2D eigenvalue weighted by Crippen LogP contribution is 1.84. The van der Waals surface area contributed by atoms with E-state index in [0.717, 1.165) is 12.8 Å². The van der Waals surface area contributed by atoms with Crippen LogP contribution in [0, 0.1) is 0 Å². The Bertz CT molecular complexity index is 44.2. The van der Waals surface area contributed by atoms with Crippen LogP contribution in [0.5, 0.6) is 0 Å². The van der Waals surface area contributed by atoms with Crippen LogP contribution in [0.15, 0.2) is 12.7 Å². The zero-order chi connectivity index (χ0) is 7.54. The third-order valence-electron chi connectivity index (χ3n) is 0.553. The molecule has 0 heterocycles. The fourth-order valence-corrected chi connectivity index (χ4v) is 0.228. The first-order chi connectivity index (χ1) is 4.33. The van der Waals surface area contributed by atoms with E-state index in [1.54, 1.807) is 20.3 Å². The molecular formula is C7H15O2. The molecule has 0 aromatic heterocycles. The van der Waals surface area contributed by atoms with Crippen LogP contribution in [-0.4, -0.2) is 20.8 Å². The highest BCUT2D eigenvalue weighted by Gasteiger charge is 1.74. The SMILES string of the molecule is C=CCCC[O].COC. The maximum atomic E-state index is 9.64. The standard InChI is InChI=1S/C5H9O.C2H6O/c1-2-3-4-5-6;1-3-2/h2H,1,3-5H2;1-2H3. The molecule has 0 saturated carbocycles. The van der Waals surface area contributed by atoms with Gasteiger partial charge in [0.15, 0.2) is 0 Å². The predicted molar refractivity (Wildman–Crippen MR) is 37.9 cm³/mol. The van der Waals surface area contributed by atoms with Gasteiger partial charge in [-0.2, -0.15) is 0 Å². The number of rotatable bonds is 3. The normalized spacial score (nSPS) is 7.44. The van der Waals surface area contributed by atoms with Crippen molar-refractivity contribution in [3.8, 4) is 0 Å². The molecule has 55 valence electrons. The minimum Gasteiger partial charge on any atom is -0.388 e. The second kappa shape index (κ2) is 15.6. The fourth-order valence-electron chi connectivity index (χ4n) is 0.228. The molecule has 0 fully saturated rings. The number of allylic oxidation sites excluding steroid dienone is 1. The minimum absolute atomic E-state index is 0.0337. The van der Waals surface area contributed by atoms with E-state index in [-0.39, 0.29) is 6.61 Å². The number of methoxy groups -OCH3 is 1. The molecule has 0 aliphatic carbocycles. The van der Waals surface area contributed by atoms with Crippen LogP contribution in [0.2, 0.25) is 0 Å². The van der Waals surface area contributed by atoms with Crippen molar-refractivity contribution in [3.63, 3.8) is 0 Å². The van der Waals surface area contributed by atoms with Crippen LogP contribution in [-0.2, 0) is 9.84 Å². The third kappa shape index (κ3) is 34.7. The summed E-state index contributed by atoms with van der Waals surface area (Å²) >= 11 is 0. The molecule has 0 unspecified atom stereocenters. The molecule has 2 heteroatoms. The fraction of sp³-hybridized carbons (Fsp3) is 0.714. The Balaban J connectivity index is 0. The zero-order valence-corrected chi connectivity index (χ0v) is 6.22. The van der Waals surface area contributed by atoms with Crippen molar-refractivity contribution in [2.45, 2.75) is 12.8 Å². The van der Waals surface area contributed by atoms with Gasteiger partial charge in [-0.1, -0.05) is 6.08 Å². The largest absolute Gasteiger partial charge is 0.388 e. The Morgan fingerprint density at radius 2 is 2.00 bits per heavy atom. The van der Waals surface area contributed by atoms with Gasteiger partial charge in [0.2, 0.25) is 0 Å². The van der Waals surface area contributed by atoms with Crippen molar-refractivity contribution in [1.29, 1.82) is 0 Å². The molecule has 0 aliphatic rings. The minimum atomic E-state index is 0.0337. The first kappa shape index (κ1) is 11.5. The summed E-state index contributed by atoms with van der Waals surface area (Å²) in [7, 11) is 3.25. The van der Waals surface area contributed by atoms with Gasteiger partial charge in [-0.3, -0.25) is 0 Å². The van der Waals surface area contributed by atoms with E-state index < -0.39 is 0 Å². The van der Waals surface area contributed by atoms with Crippen molar-refractivity contribution < 1.29 is 9.84 Å². The summed E-state index contributed by atoms with van der Waals surface area (Å²) in [6.45, 7) is 3.49. The second-order valence-electron chi connectivity index (χ2n) is 1.54. The summed E-state index contributed by atoms with van der Waals surface area (Å²) in [5.74, 6) is 0. The van der Waals surface area contributed by atoms with Crippen molar-refractivity contribution in [1.82, 2.24) is 0 Å². The van der Waals surface area contributed by atoms with E-state index in [9.17, 15) is 5.11 Å². The van der Waals surface area contributed by atoms with E-state index >= 15 is 0 Å². The molecule has 0 aromatic rings. The van der Waals surface area contributed by atoms with Gasteiger partial charge in [0, 0.05) is 14.2 Å². The van der Waals surface area contributed by atoms with E-state index in [1.165, 1.54) is 0 Å². The molecule has 9 heavy (non-hydrogen) atoms. The van der Waals surface area contributed by atoms with Gasteiger partial charge >= 0.3 is 0 Å². The van der Waals surface area contributed by atoms with Gasteiger partial charge < -0.3 is 4.74 Å². The summed E-state index contributed by atoms with van der Waals surface area (Å²) in [5, 5.41) is 9.64. The summed E-state index contributed by atoms with van der Waals surface area (Å²) in [5.41, 5.74) is 0. The van der Waals surface area contributed by atoms with E-state index in [2.05, 4.69) is 11.3 Å². The van der Waals surface area contributed by atoms with Crippen LogP contribution < -0.4 is 0 Å². The lowest BCUT2D eigenvalue weighted by molar-refractivity contribution is 0.190. The Morgan fingerprint density at radius 3 is 2.11 bits per heavy atom. The molecule has 0 N–H and O–H groups in total. The van der Waals surface area contributed by atoms with Crippen molar-refractivity contribution in [2.75, 3.05) is 20.8 Å². The highest BCUT2D eigenvalue weighted by molar-refractivity contribution is 4.64. The smallest absolute Gasteiger partial charge is 0.0825 e. The van der Waals surface area contributed by atoms with Gasteiger partial charge in [0.05, 0.1) is 6.61 Å². The van der Waals surface area contributed by atoms with Gasteiger partial charge in [-0.05, 0) is 12.8 Å². The molecule has 0 spiro atoms. The first-order valence-electron chi connectivity index (χ1n) is 2.92. The van der Waals surface area contributed by atoms with E-state index in [1.807, 2.05) is 0 Å². The lowest BCUT2D eigenvalue weighted by Gasteiger charge is -1.79. The number of ether oxygens (including phenoxy) is 1. The van der Waals surface area contributed by atoms with Crippen molar-refractivity contribution in [3.05, 3.63) is 12.7 Å². The summed E-state index contributed by atoms with van der Waals surface area (Å²) < 4.78 is 4.25. The van der Waals surface area contributed by atoms with Crippen LogP contribution in [0.25, 0.3) is 0 Å². The molecule has 0 bridgehead atoms. The predicted octanol–water partition coefficient (Wildman–Crippen LogP) is 1.65. The molecule has 0 aliphatic heterocycles.